The molecule has 3 aromatic heterocycles. The number of ether oxygens (including phenoxy) is 1. The van der Waals surface area contributed by atoms with Crippen LogP contribution < -0.4 is 4.74 Å². The van der Waals surface area contributed by atoms with Crippen LogP contribution in [-0.4, -0.2) is 68.1 Å². The molecular weight excluding hydrogens is 537 g/mol. The number of halogens is 3. The van der Waals surface area contributed by atoms with Gasteiger partial charge in [-0.15, -0.1) is 0 Å². The average Bonchev–Trinajstić information content (AvgIpc) is 3.51. The molecule has 1 saturated heterocycles. The molecule has 2 fully saturated rings. The number of benzene rings is 1. The summed E-state index contributed by atoms with van der Waals surface area (Å²) in [7, 11) is 1.51. The highest BCUT2D eigenvalue weighted by Crippen LogP contribution is 2.52. The van der Waals surface area contributed by atoms with Crippen LogP contribution in [0, 0.1) is 20.8 Å². The number of fused-ring (bicyclic) bond motifs is 1. The number of aryl methyl sites for hydroxylation is 2. The maximum absolute atomic E-state index is 14.3. The quantitative estimate of drug-likeness (QED) is 0.328. The topological polar surface area (TPSA) is 89.0 Å². The van der Waals surface area contributed by atoms with Crippen LogP contribution in [0.2, 0.25) is 0 Å². The molecule has 0 bridgehead atoms. The summed E-state index contributed by atoms with van der Waals surface area (Å²) in [5, 5.41) is 4.00. The van der Waals surface area contributed by atoms with Gasteiger partial charge in [0.25, 0.3) is 5.91 Å². The zero-order chi connectivity index (χ0) is 29.3. The molecule has 1 aliphatic heterocycles. The summed E-state index contributed by atoms with van der Waals surface area (Å²) >= 11 is 0. The average molecular weight is 569 g/mol. The summed E-state index contributed by atoms with van der Waals surface area (Å²) in [5.74, 6) is 1.69. The highest BCUT2D eigenvalue weighted by atomic mass is 19.4. The number of oxazole rings is 1. The highest BCUT2D eigenvalue weighted by molar-refractivity contribution is 6.00. The van der Waals surface area contributed by atoms with Crippen molar-refractivity contribution < 1.29 is 27.1 Å². The lowest BCUT2D eigenvalue weighted by molar-refractivity contribution is -0.143. The number of rotatable bonds is 5. The fourth-order valence-corrected chi connectivity index (χ4v) is 6.16. The molecular formula is C29H31F3N6O3. The Morgan fingerprint density at radius 3 is 2.37 bits per heavy atom. The predicted octanol–water partition coefficient (Wildman–Crippen LogP) is 5.17. The van der Waals surface area contributed by atoms with E-state index < -0.39 is 17.8 Å². The molecule has 1 aromatic carbocycles. The highest BCUT2D eigenvalue weighted by Gasteiger charge is 2.54. The van der Waals surface area contributed by atoms with Gasteiger partial charge in [0.1, 0.15) is 17.1 Å². The molecule has 216 valence electrons. The van der Waals surface area contributed by atoms with E-state index >= 15 is 0 Å². The summed E-state index contributed by atoms with van der Waals surface area (Å²) in [4.78, 5) is 26.9. The number of amides is 1. The largest absolute Gasteiger partial charge is 0.497 e. The van der Waals surface area contributed by atoms with Crippen molar-refractivity contribution in [3.8, 4) is 17.0 Å². The summed E-state index contributed by atoms with van der Waals surface area (Å²) in [6.45, 7) is 8.71. The molecule has 0 N–H and O–H groups in total. The molecule has 9 nitrogen and oxygen atoms in total. The lowest BCUT2D eigenvalue weighted by Gasteiger charge is -2.43. The Labute approximate surface area is 234 Å². The van der Waals surface area contributed by atoms with Gasteiger partial charge in [0.05, 0.1) is 30.2 Å². The van der Waals surface area contributed by atoms with Crippen LogP contribution in [0.4, 0.5) is 13.2 Å². The summed E-state index contributed by atoms with van der Waals surface area (Å²) in [6.07, 6.45) is -1.61. The van der Waals surface area contributed by atoms with E-state index in [0.29, 0.717) is 36.8 Å². The van der Waals surface area contributed by atoms with E-state index in [1.54, 1.807) is 29.2 Å². The zero-order valence-corrected chi connectivity index (χ0v) is 23.5. The number of carbonyl (C=O) groups excluding carboxylic acids is 1. The van der Waals surface area contributed by atoms with Crippen molar-refractivity contribution in [3.05, 3.63) is 64.6 Å². The van der Waals surface area contributed by atoms with Crippen LogP contribution in [0.5, 0.6) is 5.75 Å². The first-order valence-corrected chi connectivity index (χ1v) is 13.5. The molecule has 0 radical (unpaired) electrons. The molecule has 0 spiro atoms. The number of hydrogen-bond donors (Lipinski definition) is 0. The van der Waals surface area contributed by atoms with Gasteiger partial charge in [-0.05, 0) is 57.9 Å². The van der Waals surface area contributed by atoms with E-state index in [1.807, 2.05) is 20.8 Å². The van der Waals surface area contributed by atoms with E-state index in [4.69, 9.17) is 9.15 Å². The number of aromatic nitrogens is 4. The Balaban J connectivity index is 1.34. The molecule has 1 atom stereocenters. The van der Waals surface area contributed by atoms with E-state index in [9.17, 15) is 18.0 Å². The molecule has 12 heteroatoms. The molecule has 2 aliphatic rings. The van der Waals surface area contributed by atoms with Crippen molar-refractivity contribution in [3.63, 3.8) is 0 Å². The van der Waals surface area contributed by atoms with E-state index in [0.717, 1.165) is 28.8 Å². The monoisotopic (exact) mass is 568 g/mol. The first kappa shape index (κ1) is 27.3. The second-order valence-electron chi connectivity index (χ2n) is 10.9. The maximum Gasteiger partial charge on any atom is 0.433 e. The summed E-state index contributed by atoms with van der Waals surface area (Å²) in [5.41, 5.74) is 0.150. The Morgan fingerprint density at radius 1 is 1.10 bits per heavy atom. The van der Waals surface area contributed by atoms with Gasteiger partial charge in [-0.2, -0.15) is 18.3 Å². The number of hydrogen-bond acceptors (Lipinski definition) is 7. The first-order valence-electron chi connectivity index (χ1n) is 13.5. The minimum absolute atomic E-state index is 0.0356. The van der Waals surface area contributed by atoms with Gasteiger partial charge in [-0.3, -0.25) is 9.69 Å². The molecule has 1 aliphatic carbocycles. The normalized spacial score (nSPS) is 19.1. The van der Waals surface area contributed by atoms with Crippen LogP contribution >= 0.6 is 0 Å². The van der Waals surface area contributed by atoms with Crippen LogP contribution in [0.25, 0.3) is 16.9 Å². The van der Waals surface area contributed by atoms with E-state index in [2.05, 4.69) is 20.0 Å². The van der Waals surface area contributed by atoms with Gasteiger partial charge in [0.2, 0.25) is 0 Å². The van der Waals surface area contributed by atoms with Crippen LogP contribution in [-0.2, 0) is 11.7 Å². The number of alkyl halides is 3. The van der Waals surface area contributed by atoms with Gasteiger partial charge in [-0.1, -0.05) is 0 Å². The lowest BCUT2D eigenvalue weighted by atomic mass is 10.0. The minimum atomic E-state index is -4.71. The second kappa shape index (κ2) is 9.57. The van der Waals surface area contributed by atoms with Crippen molar-refractivity contribution in [1.29, 1.82) is 0 Å². The van der Waals surface area contributed by atoms with Crippen LogP contribution in [0.15, 0.2) is 34.9 Å². The Kier molecular flexibility index (Phi) is 6.36. The molecule has 4 aromatic rings. The van der Waals surface area contributed by atoms with Crippen molar-refractivity contribution in [2.45, 2.75) is 58.3 Å². The SMILES string of the molecule is COc1ccc(-c2nc3c(C(=O)N4CCN(C5(c6oc(C)nc6C)CC5)C[C@H]4C)cnn3c(C(F)(F)F)c2C)cc1. The summed E-state index contributed by atoms with van der Waals surface area (Å²) in [6, 6.07) is 6.42. The van der Waals surface area contributed by atoms with Gasteiger partial charge in [0.15, 0.2) is 17.2 Å². The fourth-order valence-electron chi connectivity index (χ4n) is 6.16. The number of piperazine rings is 1. The number of carbonyl (C=O) groups is 1. The predicted molar refractivity (Wildman–Crippen MR) is 144 cm³/mol. The van der Waals surface area contributed by atoms with Crippen molar-refractivity contribution >= 4 is 11.6 Å². The molecule has 6 rings (SSSR count). The molecule has 41 heavy (non-hydrogen) atoms. The molecule has 1 saturated carbocycles. The zero-order valence-electron chi connectivity index (χ0n) is 23.5. The molecule has 1 amide bonds. The number of methoxy groups -OCH3 is 1. The lowest BCUT2D eigenvalue weighted by Crippen LogP contribution is -2.56. The Hall–Kier alpha value is -3.93. The first-order chi connectivity index (χ1) is 19.4. The van der Waals surface area contributed by atoms with Crippen molar-refractivity contribution in [2.24, 2.45) is 0 Å². The van der Waals surface area contributed by atoms with Crippen LogP contribution in [0.1, 0.15) is 58.7 Å². The summed E-state index contributed by atoms with van der Waals surface area (Å²) < 4.78 is 54.9. The molecule has 0 unspecified atom stereocenters. The maximum atomic E-state index is 14.3. The fraction of sp³-hybridized carbons (Fsp3) is 0.448. The smallest absolute Gasteiger partial charge is 0.433 e. The Bertz CT molecular complexity index is 1640. The third-order valence-corrected chi connectivity index (χ3v) is 8.29. The third kappa shape index (κ3) is 4.44. The second-order valence-corrected chi connectivity index (χ2v) is 10.9. The van der Waals surface area contributed by atoms with Gasteiger partial charge >= 0.3 is 6.18 Å². The van der Waals surface area contributed by atoms with Gasteiger partial charge in [0, 0.05) is 43.7 Å². The Morgan fingerprint density at radius 2 is 1.80 bits per heavy atom. The minimum Gasteiger partial charge on any atom is -0.497 e. The van der Waals surface area contributed by atoms with Gasteiger partial charge < -0.3 is 14.1 Å². The van der Waals surface area contributed by atoms with Crippen molar-refractivity contribution in [1.82, 2.24) is 29.4 Å². The van der Waals surface area contributed by atoms with Crippen LogP contribution in [0.3, 0.4) is 0 Å². The van der Waals surface area contributed by atoms with E-state index in [1.165, 1.54) is 20.2 Å². The number of nitrogens with zero attached hydrogens (tertiary/aromatic N) is 6. The third-order valence-electron chi connectivity index (χ3n) is 8.29. The standard InChI is InChI=1S/C29H31F3N6O3/c1-16-15-36(28(10-11-28)25-18(3)34-19(4)41-25)12-13-37(16)27(39)22-14-33-38-24(29(30,31)32)17(2)23(35-26(22)38)20-6-8-21(40-5)9-7-20/h6-9,14,16H,10-13,15H2,1-5H3/t16-/m1/s1. The van der Waals surface area contributed by atoms with Crippen molar-refractivity contribution in [2.75, 3.05) is 26.7 Å². The van der Waals surface area contributed by atoms with Gasteiger partial charge in [-0.25, -0.2) is 14.5 Å². The molecule has 4 heterocycles. The van der Waals surface area contributed by atoms with E-state index in [-0.39, 0.29) is 34.0 Å².